The predicted octanol–water partition coefficient (Wildman–Crippen LogP) is 2.64. The van der Waals surface area contributed by atoms with E-state index in [0.29, 0.717) is 11.3 Å². The molecule has 2 aliphatic rings. The zero-order valence-electron chi connectivity index (χ0n) is 20.9. The Morgan fingerprint density at radius 3 is 1.73 bits per heavy atom. The fourth-order valence-electron chi connectivity index (χ4n) is 3.97. The Bertz CT molecular complexity index is 1240. The summed E-state index contributed by atoms with van der Waals surface area (Å²) in [5, 5.41) is 2.56. The van der Waals surface area contributed by atoms with E-state index in [-0.39, 0.29) is 52.2 Å². The van der Waals surface area contributed by atoms with E-state index < -0.39 is 46.1 Å². The number of fused-ring (bicyclic) bond motifs is 2. The number of carbonyl (C=O) groups is 3. The van der Waals surface area contributed by atoms with Gasteiger partial charge in [-0.25, -0.2) is 4.90 Å². The third-order valence-corrected chi connectivity index (χ3v) is 6.13. The molecule has 0 radical (unpaired) electrons. The van der Waals surface area contributed by atoms with Crippen molar-refractivity contribution in [3.05, 3.63) is 58.7 Å². The van der Waals surface area contributed by atoms with E-state index in [1.165, 1.54) is 32.9 Å². The number of benzene rings is 2. The number of carbonyl (C=O) groups excluding carboxylic acids is 3. The first-order valence-electron chi connectivity index (χ1n) is 10.4. The number of alkyl halides is 6. The molecule has 196 valence electrons. The Kier molecular flexibility index (Phi) is 9.16. The fourth-order valence-corrected chi connectivity index (χ4v) is 3.97. The van der Waals surface area contributed by atoms with Gasteiger partial charge in [0.25, 0.3) is 0 Å². The summed E-state index contributed by atoms with van der Waals surface area (Å²) in [6.45, 7) is 7.44. The molecule has 2 heterocycles. The first-order chi connectivity index (χ1) is 15.8. The minimum absolute atomic E-state index is 0. The number of halogens is 6. The van der Waals surface area contributed by atoms with Crippen LogP contribution >= 0.6 is 0 Å². The summed E-state index contributed by atoms with van der Waals surface area (Å²) in [6, 6.07) is 6.30. The van der Waals surface area contributed by atoms with Crippen LogP contribution in [0.4, 0.5) is 37.7 Å². The van der Waals surface area contributed by atoms with E-state index >= 15 is 0 Å². The predicted molar refractivity (Wildman–Crippen MR) is 118 cm³/mol. The maximum Gasteiger partial charge on any atom is 1.00 e. The first kappa shape index (κ1) is 32.6. The summed E-state index contributed by atoms with van der Waals surface area (Å²) in [7, 11) is 0. The van der Waals surface area contributed by atoms with E-state index in [4.69, 9.17) is 0 Å². The Balaban J connectivity index is 0.000000355. The summed E-state index contributed by atoms with van der Waals surface area (Å²) < 4.78 is 75.6. The molecule has 0 aromatic heterocycles. The van der Waals surface area contributed by atoms with Crippen molar-refractivity contribution in [1.29, 1.82) is 0 Å². The van der Waals surface area contributed by atoms with Gasteiger partial charge in [-0.15, -0.1) is 0 Å². The van der Waals surface area contributed by atoms with Gasteiger partial charge in [-0.1, -0.05) is 0 Å². The van der Waals surface area contributed by atoms with Crippen LogP contribution in [0.25, 0.3) is 0 Å². The number of hydrogen-bond donors (Lipinski definition) is 1. The normalized spacial score (nSPS) is 16.9. The number of nitrogens with one attached hydrogen (secondary N) is 1. The Hall–Kier alpha value is -2.41. The molecule has 4 rings (SSSR count). The summed E-state index contributed by atoms with van der Waals surface area (Å²) in [6.07, 6.45) is -8.85. The second kappa shape index (κ2) is 10.4. The van der Waals surface area contributed by atoms with Crippen LogP contribution in [0.2, 0.25) is 0 Å². The van der Waals surface area contributed by atoms with Gasteiger partial charge in [0.2, 0.25) is 17.7 Å². The SMILES string of the molecule is CC(=O)N1C(=O)C(C)(C)c2cc(C(F)(F)F)ccc21.CC1(C)C(=O)Nc2ccc(C(F)(F)F)cc21.[Na+].[OH-]. The van der Waals surface area contributed by atoms with E-state index in [9.17, 15) is 40.7 Å². The van der Waals surface area contributed by atoms with Gasteiger partial charge in [-0.3, -0.25) is 14.4 Å². The van der Waals surface area contributed by atoms with Gasteiger partial charge < -0.3 is 10.8 Å². The Morgan fingerprint density at radius 2 is 1.27 bits per heavy atom. The molecule has 13 heteroatoms. The van der Waals surface area contributed by atoms with E-state index in [1.807, 2.05) is 0 Å². The average molecular weight is 540 g/mol. The van der Waals surface area contributed by atoms with Crippen molar-refractivity contribution in [2.24, 2.45) is 0 Å². The smallest absolute Gasteiger partial charge is 0.870 e. The fraction of sp³-hybridized carbons (Fsp3) is 0.375. The number of nitrogens with zero attached hydrogens (tertiary/aromatic N) is 1. The van der Waals surface area contributed by atoms with Crippen molar-refractivity contribution in [2.45, 2.75) is 57.8 Å². The van der Waals surface area contributed by atoms with Crippen molar-refractivity contribution in [1.82, 2.24) is 0 Å². The third kappa shape index (κ3) is 5.87. The molecule has 0 saturated carbocycles. The minimum Gasteiger partial charge on any atom is -0.870 e. The van der Waals surface area contributed by atoms with Crippen LogP contribution in [-0.2, 0) is 37.6 Å². The molecule has 0 saturated heterocycles. The zero-order chi connectivity index (χ0) is 26.7. The van der Waals surface area contributed by atoms with Crippen LogP contribution in [0.5, 0.6) is 0 Å². The molecule has 0 aliphatic carbocycles. The first-order valence-corrected chi connectivity index (χ1v) is 10.4. The average Bonchev–Trinajstić information content (AvgIpc) is 3.07. The maximum atomic E-state index is 12.7. The van der Waals surface area contributed by atoms with Crippen molar-refractivity contribution in [2.75, 3.05) is 10.2 Å². The topological polar surface area (TPSA) is 96.5 Å². The zero-order valence-corrected chi connectivity index (χ0v) is 22.9. The van der Waals surface area contributed by atoms with Gasteiger partial charge in [0, 0.05) is 12.6 Å². The maximum absolute atomic E-state index is 12.7. The van der Waals surface area contributed by atoms with E-state index in [1.54, 1.807) is 13.8 Å². The molecular formula is C24H23F6N2NaO4. The molecule has 0 bridgehead atoms. The molecule has 0 unspecified atom stereocenters. The molecule has 2 N–H and O–H groups in total. The van der Waals surface area contributed by atoms with Crippen molar-refractivity contribution < 1.29 is 75.8 Å². The quantitative estimate of drug-likeness (QED) is 0.411. The van der Waals surface area contributed by atoms with Gasteiger partial charge in [0.1, 0.15) is 0 Å². The van der Waals surface area contributed by atoms with Crippen LogP contribution in [0, 0.1) is 0 Å². The van der Waals surface area contributed by atoms with Gasteiger partial charge in [-0.2, -0.15) is 26.3 Å². The Morgan fingerprint density at radius 1 is 0.811 bits per heavy atom. The molecule has 6 nitrogen and oxygen atoms in total. The van der Waals surface area contributed by atoms with Crippen LogP contribution in [0.15, 0.2) is 36.4 Å². The number of imide groups is 1. The van der Waals surface area contributed by atoms with Crippen LogP contribution in [0.3, 0.4) is 0 Å². The molecule has 0 atom stereocenters. The summed E-state index contributed by atoms with van der Waals surface area (Å²) >= 11 is 0. The van der Waals surface area contributed by atoms with Gasteiger partial charge in [0.05, 0.1) is 27.6 Å². The number of amides is 3. The molecular weight excluding hydrogens is 517 g/mol. The number of hydrogen-bond acceptors (Lipinski definition) is 4. The molecule has 2 aromatic rings. The second-order valence-electron chi connectivity index (χ2n) is 9.35. The van der Waals surface area contributed by atoms with Gasteiger partial charge >= 0.3 is 41.9 Å². The molecule has 0 spiro atoms. The van der Waals surface area contributed by atoms with E-state index in [0.717, 1.165) is 29.2 Å². The van der Waals surface area contributed by atoms with Crippen LogP contribution in [0.1, 0.15) is 56.9 Å². The molecule has 3 amide bonds. The van der Waals surface area contributed by atoms with Gasteiger partial charge in [0.15, 0.2) is 0 Å². The van der Waals surface area contributed by atoms with Gasteiger partial charge in [-0.05, 0) is 75.2 Å². The van der Waals surface area contributed by atoms with Crippen molar-refractivity contribution in [3.63, 3.8) is 0 Å². The third-order valence-electron chi connectivity index (χ3n) is 6.13. The number of rotatable bonds is 0. The standard InChI is InChI=1S/C13H12F3NO2.C11H10F3NO.Na.H2O/c1-7(18)17-10-5-4-8(13(14,15)16)6-9(10)12(2,3)11(17)19;1-10(2)7-5-6(11(12,13)14)3-4-8(7)15-9(10)16;;/h4-6H,1-3H3;3-5H,1-2H3,(H,15,16);;1H2/q;;+1;/p-1. The monoisotopic (exact) mass is 540 g/mol. The van der Waals surface area contributed by atoms with Crippen molar-refractivity contribution >= 4 is 29.1 Å². The Labute approximate surface area is 231 Å². The molecule has 2 aliphatic heterocycles. The summed E-state index contributed by atoms with van der Waals surface area (Å²) in [5.74, 6) is -1.28. The van der Waals surface area contributed by atoms with Crippen molar-refractivity contribution in [3.8, 4) is 0 Å². The molecule has 2 aromatic carbocycles. The summed E-state index contributed by atoms with van der Waals surface area (Å²) in [5.41, 5.74) is -2.28. The summed E-state index contributed by atoms with van der Waals surface area (Å²) in [4.78, 5) is 36.0. The molecule has 0 fully saturated rings. The molecule has 37 heavy (non-hydrogen) atoms. The van der Waals surface area contributed by atoms with E-state index in [2.05, 4.69) is 5.32 Å². The van der Waals surface area contributed by atoms with Crippen LogP contribution in [-0.4, -0.2) is 23.2 Å². The number of anilines is 2. The minimum atomic E-state index is -4.47. The largest absolute Gasteiger partial charge is 1.00 e. The van der Waals surface area contributed by atoms with Crippen LogP contribution < -0.4 is 39.8 Å². The second-order valence-corrected chi connectivity index (χ2v) is 9.35.